The van der Waals surface area contributed by atoms with Gasteiger partial charge in [0.1, 0.15) is 5.82 Å². The molecular weight excluding hydrogens is 173 g/mol. The first-order valence-electron chi connectivity index (χ1n) is 3.81. The first-order valence-corrected chi connectivity index (χ1v) is 4.69. The molecular formula is C9H12FNS. The van der Waals surface area contributed by atoms with Crippen molar-refractivity contribution in [2.75, 3.05) is 5.73 Å². The minimum Gasteiger partial charge on any atom is -0.399 e. The molecule has 0 heterocycles. The Hall–Kier alpha value is -0.700. The molecule has 1 rings (SSSR count). The first-order chi connectivity index (χ1) is 5.59. The molecule has 0 bridgehead atoms. The SMILES string of the molecule is CC(C)Sc1ccc(N)cc1F. The number of hydrogen-bond acceptors (Lipinski definition) is 2. The Kier molecular flexibility index (Phi) is 2.98. The summed E-state index contributed by atoms with van der Waals surface area (Å²) in [5.41, 5.74) is 5.88. The number of benzene rings is 1. The lowest BCUT2D eigenvalue weighted by Crippen LogP contribution is -1.91. The largest absolute Gasteiger partial charge is 0.399 e. The van der Waals surface area contributed by atoms with Crippen molar-refractivity contribution in [3.63, 3.8) is 0 Å². The number of nitrogens with two attached hydrogens (primary N) is 1. The van der Waals surface area contributed by atoms with Crippen LogP contribution in [0.25, 0.3) is 0 Å². The normalized spacial score (nSPS) is 10.7. The standard InChI is InChI=1S/C9H12FNS/c1-6(2)12-9-4-3-7(11)5-8(9)10/h3-6H,11H2,1-2H3. The second kappa shape index (κ2) is 3.81. The fourth-order valence-electron chi connectivity index (χ4n) is 0.867. The van der Waals surface area contributed by atoms with Crippen LogP contribution in [0.4, 0.5) is 10.1 Å². The summed E-state index contributed by atoms with van der Waals surface area (Å²) < 4.78 is 13.1. The van der Waals surface area contributed by atoms with Crippen LogP contribution < -0.4 is 5.73 Å². The van der Waals surface area contributed by atoms with Gasteiger partial charge in [0.2, 0.25) is 0 Å². The van der Waals surface area contributed by atoms with E-state index < -0.39 is 0 Å². The molecule has 1 aromatic carbocycles. The van der Waals surface area contributed by atoms with Crippen LogP contribution in [0.1, 0.15) is 13.8 Å². The van der Waals surface area contributed by atoms with Crippen molar-refractivity contribution in [1.29, 1.82) is 0 Å². The lowest BCUT2D eigenvalue weighted by Gasteiger charge is -2.05. The second-order valence-corrected chi connectivity index (χ2v) is 4.47. The van der Waals surface area contributed by atoms with E-state index in [1.807, 2.05) is 13.8 Å². The summed E-state index contributed by atoms with van der Waals surface area (Å²) in [6.07, 6.45) is 0. The zero-order valence-corrected chi connectivity index (χ0v) is 7.99. The molecule has 0 aromatic heterocycles. The highest BCUT2D eigenvalue weighted by Crippen LogP contribution is 2.26. The molecule has 1 nitrogen and oxygen atoms in total. The highest BCUT2D eigenvalue weighted by molar-refractivity contribution is 7.99. The zero-order chi connectivity index (χ0) is 9.14. The van der Waals surface area contributed by atoms with Gasteiger partial charge in [-0.1, -0.05) is 13.8 Å². The van der Waals surface area contributed by atoms with E-state index in [9.17, 15) is 4.39 Å². The monoisotopic (exact) mass is 185 g/mol. The molecule has 66 valence electrons. The van der Waals surface area contributed by atoms with Crippen LogP contribution in [0, 0.1) is 5.82 Å². The van der Waals surface area contributed by atoms with E-state index in [0.717, 1.165) is 0 Å². The molecule has 2 N–H and O–H groups in total. The number of thioether (sulfide) groups is 1. The fraction of sp³-hybridized carbons (Fsp3) is 0.333. The quantitative estimate of drug-likeness (QED) is 0.566. The van der Waals surface area contributed by atoms with Gasteiger partial charge in [-0.2, -0.15) is 0 Å². The summed E-state index contributed by atoms with van der Waals surface area (Å²) in [7, 11) is 0. The van der Waals surface area contributed by atoms with Gasteiger partial charge in [0.25, 0.3) is 0 Å². The minimum atomic E-state index is -0.228. The molecule has 0 aliphatic heterocycles. The van der Waals surface area contributed by atoms with E-state index in [1.165, 1.54) is 17.8 Å². The molecule has 0 saturated heterocycles. The maximum atomic E-state index is 13.1. The lowest BCUT2D eigenvalue weighted by atomic mass is 10.3. The number of anilines is 1. The van der Waals surface area contributed by atoms with Crippen LogP contribution in [0.3, 0.4) is 0 Å². The van der Waals surface area contributed by atoms with E-state index in [1.54, 1.807) is 12.1 Å². The van der Waals surface area contributed by atoms with E-state index in [-0.39, 0.29) is 5.82 Å². The fourth-order valence-corrected chi connectivity index (χ4v) is 1.69. The van der Waals surface area contributed by atoms with Gasteiger partial charge in [0.05, 0.1) is 0 Å². The molecule has 0 aliphatic carbocycles. The summed E-state index contributed by atoms with van der Waals surface area (Å²) in [5.74, 6) is -0.228. The molecule has 0 unspecified atom stereocenters. The summed E-state index contributed by atoms with van der Waals surface area (Å²) >= 11 is 1.50. The van der Waals surface area contributed by atoms with Crippen molar-refractivity contribution in [1.82, 2.24) is 0 Å². The van der Waals surface area contributed by atoms with Crippen LogP contribution in [-0.2, 0) is 0 Å². The molecule has 0 aliphatic rings. The van der Waals surface area contributed by atoms with Crippen LogP contribution >= 0.6 is 11.8 Å². The molecule has 3 heteroatoms. The number of rotatable bonds is 2. The van der Waals surface area contributed by atoms with Crippen molar-refractivity contribution in [3.05, 3.63) is 24.0 Å². The topological polar surface area (TPSA) is 26.0 Å². The average Bonchev–Trinajstić information content (AvgIpc) is 1.94. The van der Waals surface area contributed by atoms with Gasteiger partial charge in [0.15, 0.2) is 0 Å². The van der Waals surface area contributed by atoms with Gasteiger partial charge < -0.3 is 5.73 Å². The summed E-state index contributed by atoms with van der Waals surface area (Å²) in [5, 5.41) is 0.392. The number of hydrogen-bond donors (Lipinski definition) is 1. The third kappa shape index (κ3) is 2.41. The zero-order valence-electron chi connectivity index (χ0n) is 7.17. The van der Waals surface area contributed by atoms with E-state index in [0.29, 0.717) is 15.8 Å². The molecule has 0 saturated carbocycles. The van der Waals surface area contributed by atoms with Crippen molar-refractivity contribution in [2.45, 2.75) is 24.0 Å². The highest BCUT2D eigenvalue weighted by atomic mass is 32.2. The molecule has 1 aromatic rings. The van der Waals surface area contributed by atoms with Gasteiger partial charge in [-0.25, -0.2) is 4.39 Å². The average molecular weight is 185 g/mol. The minimum absolute atomic E-state index is 0.228. The summed E-state index contributed by atoms with van der Waals surface area (Å²) in [6.45, 7) is 4.06. The van der Waals surface area contributed by atoms with Crippen molar-refractivity contribution in [2.24, 2.45) is 0 Å². The molecule has 0 spiro atoms. The highest BCUT2D eigenvalue weighted by Gasteiger charge is 2.04. The lowest BCUT2D eigenvalue weighted by molar-refractivity contribution is 0.602. The van der Waals surface area contributed by atoms with Crippen LogP contribution in [0.2, 0.25) is 0 Å². The van der Waals surface area contributed by atoms with Crippen molar-refractivity contribution >= 4 is 17.4 Å². The second-order valence-electron chi connectivity index (χ2n) is 2.86. The van der Waals surface area contributed by atoms with Gasteiger partial charge >= 0.3 is 0 Å². The van der Waals surface area contributed by atoms with Crippen LogP contribution in [0.5, 0.6) is 0 Å². The van der Waals surface area contributed by atoms with E-state index >= 15 is 0 Å². The van der Waals surface area contributed by atoms with E-state index in [2.05, 4.69) is 0 Å². The van der Waals surface area contributed by atoms with Gasteiger partial charge in [-0.3, -0.25) is 0 Å². The van der Waals surface area contributed by atoms with Crippen molar-refractivity contribution in [3.8, 4) is 0 Å². The maximum absolute atomic E-state index is 13.1. The predicted octanol–water partition coefficient (Wildman–Crippen LogP) is 2.91. The van der Waals surface area contributed by atoms with E-state index in [4.69, 9.17) is 5.73 Å². The third-order valence-corrected chi connectivity index (χ3v) is 2.38. The Morgan fingerprint density at radius 3 is 2.58 bits per heavy atom. The molecule has 0 amide bonds. The van der Waals surface area contributed by atoms with Crippen molar-refractivity contribution < 1.29 is 4.39 Å². The van der Waals surface area contributed by atoms with Gasteiger partial charge in [-0.05, 0) is 18.2 Å². The first kappa shape index (κ1) is 9.39. The molecule has 0 radical (unpaired) electrons. The maximum Gasteiger partial charge on any atom is 0.138 e. The number of halogens is 1. The summed E-state index contributed by atoms with van der Waals surface area (Å²) in [6, 6.07) is 4.79. The van der Waals surface area contributed by atoms with Gasteiger partial charge in [-0.15, -0.1) is 11.8 Å². The molecule has 0 atom stereocenters. The Labute approximate surface area is 76.2 Å². The predicted molar refractivity (Wildman–Crippen MR) is 51.8 cm³/mol. The van der Waals surface area contributed by atoms with Gasteiger partial charge in [0, 0.05) is 15.8 Å². The smallest absolute Gasteiger partial charge is 0.138 e. The Morgan fingerprint density at radius 2 is 2.08 bits per heavy atom. The summed E-state index contributed by atoms with van der Waals surface area (Å²) in [4.78, 5) is 0.666. The molecule has 0 fully saturated rings. The van der Waals surface area contributed by atoms with Crippen LogP contribution in [0.15, 0.2) is 23.1 Å². The Morgan fingerprint density at radius 1 is 1.42 bits per heavy atom. The Bertz CT molecular complexity index is 273. The Balaban J connectivity index is 2.86. The molecule has 12 heavy (non-hydrogen) atoms. The number of nitrogen functional groups attached to an aromatic ring is 1. The van der Waals surface area contributed by atoms with Crippen LogP contribution in [-0.4, -0.2) is 5.25 Å². The third-order valence-electron chi connectivity index (χ3n) is 1.32.